The SMILES string of the molecule is CCOC(=O)c1ccc(OCC#Cc2ccc(CC(NC(=O)CN(C)S(=O)(=O)c3ccc(C)cc3)C(=O)O)cc2)cc1. The van der Waals surface area contributed by atoms with Gasteiger partial charge in [-0.2, -0.15) is 4.31 Å². The molecule has 0 bridgehead atoms. The number of carboxylic acids is 1. The van der Waals surface area contributed by atoms with Crippen molar-refractivity contribution in [3.63, 3.8) is 0 Å². The molecule has 0 fully saturated rings. The van der Waals surface area contributed by atoms with Crippen LogP contribution >= 0.6 is 0 Å². The van der Waals surface area contributed by atoms with Crippen molar-refractivity contribution in [1.29, 1.82) is 0 Å². The lowest BCUT2D eigenvalue weighted by Crippen LogP contribution is -2.46. The molecule has 1 unspecified atom stereocenters. The van der Waals surface area contributed by atoms with Crippen LogP contribution in [-0.2, 0) is 30.8 Å². The fourth-order valence-corrected chi connectivity index (χ4v) is 4.86. The Morgan fingerprint density at radius 1 is 0.976 bits per heavy atom. The molecule has 0 saturated carbocycles. The molecule has 0 radical (unpaired) electrons. The molecule has 2 N–H and O–H groups in total. The second kappa shape index (κ2) is 14.8. The second-order valence-corrected chi connectivity index (χ2v) is 11.3. The molecule has 0 aliphatic rings. The third-order valence-corrected chi connectivity index (χ3v) is 7.85. The van der Waals surface area contributed by atoms with Crippen LogP contribution in [-0.4, -0.2) is 68.5 Å². The molecule has 11 heteroatoms. The number of aliphatic carboxylic acids is 1. The number of nitrogens with one attached hydrogen (secondary N) is 1. The molecule has 0 spiro atoms. The van der Waals surface area contributed by atoms with Crippen LogP contribution < -0.4 is 10.1 Å². The number of carbonyl (C=O) groups is 3. The Morgan fingerprint density at radius 2 is 1.62 bits per heavy atom. The number of hydrogen-bond donors (Lipinski definition) is 2. The minimum atomic E-state index is -3.92. The quantitative estimate of drug-likeness (QED) is 0.242. The lowest BCUT2D eigenvalue weighted by Gasteiger charge is -2.19. The molecule has 42 heavy (non-hydrogen) atoms. The van der Waals surface area contributed by atoms with Crippen molar-refractivity contribution in [1.82, 2.24) is 9.62 Å². The Balaban J connectivity index is 1.52. The van der Waals surface area contributed by atoms with Gasteiger partial charge in [-0.1, -0.05) is 41.7 Å². The largest absolute Gasteiger partial charge is 0.481 e. The van der Waals surface area contributed by atoms with Crippen LogP contribution in [0, 0.1) is 18.8 Å². The molecule has 0 heterocycles. The van der Waals surface area contributed by atoms with Crippen LogP contribution in [0.4, 0.5) is 0 Å². The number of likely N-dealkylation sites (N-methyl/N-ethyl adjacent to an activating group) is 1. The highest BCUT2D eigenvalue weighted by Gasteiger charge is 2.26. The smallest absolute Gasteiger partial charge is 0.338 e. The van der Waals surface area contributed by atoms with Crippen molar-refractivity contribution in [3.05, 3.63) is 95.1 Å². The Labute approximate surface area is 245 Å². The van der Waals surface area contributed by atoms with E-state index in [0.717, 1.165) is 9.87 Å². The standard InChI is InChI=1S/C31H32N2O8S/c1-4-40-31(37)25-13-15-26(16-14-25)41-19-5-6-23-9-11-24(12-10-23)20-28(30(35)36)32-29(34)21-33(3)42(38,39)27-17-7-22(2)8-18-27/h7-18,28H,4,19-21H2,1-3H3,(H,32,34)(H,35,36). The maximum Gasteiger partial charge on any atom is 0.338 e. The van der Waals surface area contributed by atoms with E-state index in [1.807, 2.05) is 6.92 Å². The topological polar surface area (TPSA) is 139 Å². The number of aryl methyl sites for hydroxylation is 1. The molecule has 3 aromatic rings. The molecule has 10 nitrogen and oxygen atoms in total. The maximum atomic E-state index is 12.7. The van der Waals surface area contributed by atoms with Crippen LogP contribution in [0.3, 0.4) is 0 Å². The molecule has 0 aliphatic carbocycles. The van der Waals surface area contributed by atoms with Gasteiger partial charge in [0.25, 0.3) is 0 Å². The molecule has 0 saturated heterocycles. The van der Waals surface area contributed by atoms with Gasteiger partial charge in [0.1, 0.15) is 18.4 Å². The highest BCUT2D eigenvalue weighted by atomic mass is 32.2. The van der Waals surface area contributed by atoms with Gasteiger partial charge < -0.3 is 19.9 Å². The summed E-state index contributed by atoms with van der Waals surface area (Å²) >= 11 is 0. The summed E-state index contributed by atoms with van der Waals surface area (Å²) in [6.45, 7) is 3.44. The minimum Gasteiger partial charge on any atom is -0.481 e. The first-order valence-corrected chi connectivity index (χ1v) is 14.5. The van der Waals surface area contributed by atoms with Crippen molar-refractivity contribution < 1.29 is 37.4 Å². The van der Waals surface area contributed by atoms with E-state index in [0.29, 0.717) is 29.0 Å². The molecule has 220 valence electrons. The first-order chi connectivity index (χ1) is 20.0. The average molecular weight is 593 g/mol. The summed E-state index contributed by atoms with van der Waals surface area (Å²) in [5, 5.41) is 12.0. The fourth-order valence-electron chi connectivity index (χ4n) is 3.74. The number of ether oxygens (including phenoxy) is 2. The second-order valence-electron chi connectivity index (χ2n) is 9.27. The van der Waals surface area contributed by atoms with Crippen molar-refractivity contribution in [2.75, 3.05) is 26.8 Å². The molecule has 3 aromatic carbocycles. The lowest BCUT2D eigenvalue weighted by molar-refractivity contribution is -0.141. The molecule has 0 aromatic heterocycles. The number of sulfonamides is 1. The van der Waals surface area contributed by atoms with Crippen LogP contribution in [0.25, 0.3) is 0 Å². The third-order valence-electron chi connectivity index (χ3n) is 6.03. The highest BCUT2D eigenvalue weighted by Crippen LogP contribution is 2.15. The van der Waals surface area contributed by atoms with Crippen LogP contribution in [0.15, 0.2) is 77.7 Å². The molecule has 3 rings (SSSR count). The first kappa shape index (κ1) is 31.9. The van der Waals surface area contributed by atoms with E-state index in [9.17, 15) is 27.9 Å². The summed E-state index contributed by atoms with van der Waals surface area (Å²) in [7, 11) is -2.66. The van der Waals surface area contributed by atoms with E-state index in [1.165, 1.54) is 19.2 Å². The predicted molar refractivity (Wildman–Crippen MR) is 155 cm³/mol. The summed E-state index contributed by atoms with van der Waals surface area (Å²) in [6.07, 6.45) is -0.00584. The monoisotopic (exact) mass is 592 g/mol. The van der Waals surface area contributed by atoms with Crippen LogP contribution in [0.1, 0.15) is 34.0 Å². The number of rotatable bonds is 12. The van der Waals surface area contributed by atoms with Gasteiger partial charge >= 0.3 is 11.9 Å². The summed E-state index contributed by atoms with van der Waals surface area (Å²) in [5.41, 5.74) is 2.65. The number of carbonyl (C=O) groups excluding carboxylic acids is 2. The van der Waals surface area contributed by atoms with E-state index in [-0.39, 0.29) is 17.9 Å². The van der Waals surface area contributed by atoms with E-state index < -0.39 is 40.5 Å². The van der Waals surface area contributed by atoms with Gasteiger partial charge in [-0.3, -0.25) is 4.79 Å². The van der Waals surface area contributed by atoms with Gasteiger partial charge in [0.15, 0.2) is 0 Å². The molecule has 1 atom stereocenters. The molecular formula is C31H32N2O8S. The number of hydrogen-bond acceptors (Lipinski definition) is 7. The van der Waals surface area contributed by atoms with E-state index >= 15 is 0 Å². The Kier molecular flexibility index (Phi) is 11.2. The van der Waals surface area contributed by atoms with Gasteiger partial charge in [-0.25, -0.2) is 18.0 Å². The minimum absolute atomic E-state index is 0.00584. The highest BCUT2D eigenvalue weighted by molar-refractivity contribution is 7.89. The lowest BCUT2D eigenvalue weighted by atomic mass is 10.0. The number of esters is 1. The van der Waals surface area contributed by atoms with Crippen LogP contribution in [0.5, 0.6) is 5.75 Å². The van der Waals surface area contributed by atoms with Gasteiger partial charge in [0.05, 0.1) is 23.6 Å². The van der Waals surface area contributed by atoms with E-state index in [4.69, 9.17) is 9.47 Å². The predicted octanol–water partition coefficient (Wildman–Crippen LogP) is 3.03. The Hall–Kier alpha value is -4.66. The fraction of sp³-hybridized carbons (Fsp3) is 0.258. The number of amides is 1. The zero-order valence-corrected chi connectivity index (χ0v) is 24.3. The molecule has 0 aliphatic heterocycles. The number of carboxylic acid groups (broad SMARTS) is 1. The van der Waals surface area contributed by atoms with Crippen molar-refractivity contribution >= 4 is 27.9 Å². The number of benzene rings is 3. The van der Waals surface area contributed by atoms with Crippen LogP contribution in [0.2, 0.25) is 0 Å². The van der Waals surface area contributed by atoms with Crippen molar-refractivity contribution in [2.45, 2.75) is 31.2 Å². The number of nitrogens with zero attached hydrogens (tertiary/aromatic N) is 1. The first-order valence-electron chi connectivity index (χ1n) is 13.0. The van der Waals surface area contributed by atoms with Crippen molar-refractivity contribution in [2.24, 2.45) is 0 Å². The summed E-state index contributed by atoms with van der Waals surface area (Å²) in [6, 6.07) is 18.3. The van der Waals surface area contributed by atoms with Gasteiger partial charge in [0, 0.05) is 19.0 Å². The van der Waals surface area contributed by atoms with E-state index in [1.54, 1.807) is 67.6 Å². The zero-order valence-electron chi connectivity index (χ0n) is 23.5. The maximum absolute atomic E-state index is 12.7. The average Bonchev–Trinajstić information content (AvgIpc) is 2.96. The van der Waals surface area contributed by atoms with Crippen molar-refractivity contribution in [3.8, 4) is 17.6 Å². The molecular weight excluding hydrogens is 560 g/mol. The van der Waals surface area contributed by atoms with E-state index in [2.05, 4.69) is 17.2 Å². The van der Waals surface area contributed by atoms with Gasteiger partial charge in [0.2, 0.25) is 15.9 Å². The van der Waals surface area contributed by atoms with Gasteiger partial charge in [-0.15, -0.1) is 0 Å². The normalized spacial score (nSPS) is 11.6. The summed E-state index contributed by atoms with van der Waals surface area (Å²) in [5.74, 6) is 4.00. The summed E-state index contributed by atoms with van der Waals surface area (Å²) < 4.78 is 36.9. The Morgan fingerprint density at radius 3 is 2.21 bits per heavy atom. The molecule has 1 amide bonds. The Bertz CT molecular complexity index is 1560. The third kappa shape index (κ3) is 9.19. The van der Waals surface area contributed by atoms with Gasteiger partial charge in [-0.05, 0) is 67.9 Å². The zero-order chi connectivity index (χ0) is 30.7. The summed E-state index contributed by atoms with van der Waals surface area (Å²) in [4.78, 5) is 36.1.